The number of anilines is 1. The third-order valence-corrected chi connectivity index (χ3v) is 3.24. The lowest BCUT2D eigenvalue weighted by atomic mass is 10.1. The van der Waals surface area contributed by atoms with Gasteiger partial charge < -0.3 is 15.0 Å². The van der Waals surface area contributed by atoms with E-state index in [1.807, 2.05) is 25.1 Å². The van der Waals surface area contributed by atoms with Crippen LogP contribution in [0.2, 0.25) is 0 Å². The highest BCUT2D eigenvalue weighted by Gasteiger charge is 2.37. The number of hydrogen-bond donors (Lipinski definition) is 1. The molecule has 0 spiro atoms. The predicted molar refractivity (Wildman–Crippen MR) is 72.1 cm³/mol. The van der Waals surface area contributed by atoms with Gasteiger partial charge in [-0.2, -0.15) is 0 Å². The molecule has 0 aromatic heterocycles. The van der Waals surface area contributed by atoms with Gasteiger partial charge in [-0.15, -0.1) is 0 Å². The van der Waals surface area contributed by atoms with Crippen LogP contribution in [0, 0.1) is 5.92 Å². The smallest absolute Gasteiger partial charge is 0.239 e. The maximum absolute atomic E-state index is 12.2. The molecule has 1 atom stereocenters. The van der Waals surface area contributed by atoms with Crippen LogP contribution in [0.15, 0.2) is 24.3 Å². The van der Waals surface area contributed by atoms with E-state index in [0.717, 1.165) is 5.69 Å². The van der Waals surface area contributed by atoms with Crippen molar-refractivity contribution in [2.45, 2.75) is 13.3 Å². The van der Waals surface area contributed by atoms with E-state index in [4.69, 9.17) is 4.74 Å². The molecule has 1 saturated heterocycles. The molecular formula is C14H18N2O3. The minimum Gasteiger partial charge on any atom is -0.497 e. The fraction of sp³-hybridized carbons (Fsp3) is 0.429. The molecule has 1 N–H and O–H groups in total. The van der Waals surface area contributed by atoms with Gasteiger partial charge in [-0.3, -0.25) is 9.59 Å². The number of nitrogens with one attached hydrogen (secondary N) is 1. The third kappa shape index (κ3) is 2.70. The fourth-order valence-corrected chi connectivity index (χ4v) is 2.26. The van der Waals surface area contributed by atoms with Crippen LogP contribution in [0.25, 0.3) is 0 Å². The van der Waals surface area contributed by atoms with Gasteiger partial charge in [-0.05, 0) is 25.5 Å². The van der Waals surface area contributed by atoms with Gasteiger partial charge >= 0.3 is 0 Å². The van der Waals surface area contributed by atoms with Gasteiger partial charge in [0.25, 0.3) is 0 Å². The molecule has 0 radical (unpaired) electrons. The average molecular weight is 262 g/mol. The van der Waals surface area contributed by atoms with Crippen molar-refractivity contribution < 1.29 is 14.3 Å². The van der Waals surface area contributed by atoms with E-state index in [1.54, 1.807) is 18.1 Å². The van der Waals surface area contributed by atoms with Crippen LogP contribution >= 0.6 is 0 Å². The van der Waals surface area contributed by atoms with Gasteiger partial charge in [-0.1, -0.05) is 6.07 Å². The van der Waals surface area contributed by atoms with Crippen molar-refractivity contribution in [3.05, 3.63) is 24.3 Å². The number of rotatable bonds is 4. The van der Waals surface area contributed by atoms with E-state index in [1.165, 1.54) is 0 Å². The maximum Gasteiger partial charge on any atom is 0.239 e. The Kier molecular flexibility index (Phi) is 4.04. The Morgan fingerprint density at radius 1 is 1.53 bits per heavy atom. The summed E-state index contributed by atoms with van der Waals surface area (Å²) in [5.74, 6) is -0.185. The first-order valence-electron chi connectivity index (χ1n) is 6.40. The van der Waals surface area contributed by atoms with Crippen LogP contribution in [0.4, 0.5) is 5.69 Å². The van der Waals surface area contributed by atoms with E-state index < -0.39 is 5.92 Å². The first-order valence-corrected chi connectivity index (χ1v) is 6.40. The largest absolute Gasteiger partial charge is 0.497 e. The van der Waals surface area contributed by atoms with E-state index >= 15 is 0 Å². The second-order valence-corrected chi connectivity index (χ2v) is 4.43. The summed E-state index contributed by atoms with van der Waals surface area (Å²) >= 11 is 0. The zero-order valence-electron chi connectivity index (χ0n) is 11.2. The number of nitrogens with zero attached hydrogens (tertiary/aromatic N) is 1. The zero-order chi connectivity index (χ0) is 13.8. The summed E-state index contributed by atoms with van der Waals surface area (Å²) in [4.78, 5) is 25.7. The lowest BCUT2D eigenvalue weighted by molar-refractivity contribution is -0.132. The van der Waals surface area contributed by atoms with Crippen LogP contribution < -0.4 is 15.0 Å². The van der Waals surface area contributed by atoms with Gasteiger partial charge in [0.2, 0.25) is 11.8 Å². The molecule has 0 bridgehead atoms. The fourth-order valence-electron chi connectivity index (χ4n) is 2.26. The average Bonchev–Trinajstić information content (AvgIpc) is 2.81. The number of amides is 2. The highest BCUT2D eigenvalue weighted by molar-refractivity contribution is 6.09. The van der Waals surface area contributed by atoms with Gasteiger partial charge in [0.1, 0.15) is 11.7 Å². The first kappa shape index (κ1) is 13.4. The Labute approximate surface area is 112 Å². The Morgan fingerprint density at radius 3 is 3.00 bits per heavy atom. The lowest BCUT2D eigenvalue weighted by Crippen LogP contribution is -2.36. The highest BCUT2D eigenvalue weighted by atomic mass is 16.5. The molecule has 0 saturated carbocycles. The van der Waals surface area contributed by atoms with Crippen molar-refractivity contribution in [1.82, 2.24) is 5.32 Å². The van der Waals surface area contributed by atoms with Crippen molar-refractivity contribution >= 4 is 17.5 Å². The molecule has 5 heteroatoms. The molecule has 1 aliphatic rings. The van der Waals surface area contributed by atoms with Gasteiger partial charge in [0.05, 0.1) is 7.11 Å². The third-order valence-electron chi connectivity index (χ3n) is 3.24. The number of hydrogen-bond acceptors (Lipinski definition) is 3. The summed E-state index contributed by atoms with van der Waals surface area (Å²) in [7, 11) is 1.59. The number of methoxy groups -OCH3 is 1. The second-order valence-electron chi connectivity index (χ2n) is 4.43. The summed E-state index contributed by atoms with van der Waals surface area (Å²) in [6.45, 7) is 2.95. The van der Waals surface area contributed by atoms with E-state index in [9.17, 15) is 9.59 Å². The minimum absolute atomic E-state index is 0.140. The van der Waals surface area contributed by atoms with Gasteiger partial charge in [-0.25, -0.2) is 0 Å². The summed E-state index contributed by atoms with van der Waals surface area (Å²) in [5, 5.41) is 2.70. The van der Waals surface area contributed by atoms with Crippen LogP contribution in [-0.2, 0) is 9.59 Å². The summed E-state index contributed by atoms with van der Waals surface area (Å²) < 4.78 is 5.15. The molecule has 1 aromatic carbocycles. The molecule has 0 aliphatic carbocycles. The molecule has 5 nitrogen and oxygen atoms in total. The van der Waals surface area contributed by atoms with Crippen molar-refractivity contribution in [1.29, 1.82) is 0 Å². The normalized spacial score (nSPS) is 18.5. The van der Waals surface area contributed by atoms with E-state index in [-0.39, 0.29) is 11.8 Å². The molecule has 0 unspecified atom stereocenters. The van der Waals surface area contributed by atoms with Crippen LogP contribution in [-0.4, -0.2) is 32.0 Å². The summed E-state index contributed by atoms with van der Waals surface area (Å²) in [6.07, 6.45) is 0.557. The van der Waals surface area contributed by atoms with E-state index in [0.29, 0.717) is 25.3 Å². The standard InChI is InChI=1S/C14H18N2O3/c1-3-15-13(17)12-7-8-16(14(12)18)10-5-4-6-11(9-10)19-2/h4-6,9,12H,3,7-8H2,1-2H3,(H,15,17)/t12-/m0/s1. The van der Waals surface area contributed by atoms with Gasteiger partial charge in [0.15, 0.2) is 0 Å². The van der Waals surface area contributed by atoms with Crippen molar-refractivity contribution in [2.24, 2.45) is 5.92 Å². The second kappa shape index (κ2) is 5.73. The summed E-state index contributed by atoms with van der Waals surface area (Å²) in [5.41, 5.74) is 0.774. The number of carbonyl (C=O) groups excluding carboxylic acids is 2. The Balaban J connectivity index is 2.15. The molecular weight excluding hydrogens is 244 g/mol. The Hall–Kier alpha value is -2.04. The van der Waals surface area contributed by atoms with Crippen LogP contribution in [0.3, 0.4) is 0 Å². The number of ether oxygens (including phenoxy) is 1. The van der Waals surface area contributed by atoms with E-state index in [2.05, 4.69) is 5.32 Å². The molecule has 2 rings (SSSR count). The van der Waals surface area contributed by atoms with Crippen molar-refractivity contribution in [3.8, 4) is 5.75 Å². The first-order chi connectivity index (χ1) is 9.17. The minimum atomic E-state index is -0.564. The summed E-state index contributed by atoms with van der Waals surface area (Å²) in [6, 6.07) is 7.31. The SMILES string of the molecule is CCNC(=O)[C@@H]1CCN(c2cccc(OC)c2)C1=O. The van der Waals surface area contributed by atoms with Crippen LogP contribution in [0.1, 0.15) is 13.3 Å². The maximum atomic E-state index is 12.2. The van der Waals surface area contributed by atoms with Crippen LogP contribution in [0.5, 0.6) is 5.75 Å². The predicted octanol–water partition coefficient (Wildman–Crippen LogP) is 1.18. The van der Waals surface area contributed by atoms with Gasteiger partial charge in [0, 0.05) is 24.8 Å². The number of benzene rings is 1. The molecule has 1 fully saturated rings. The molecule has 2 amide bonds. The zero-order valence-corrected chi connectivity index (χ0v) is 11.2. The topological polar surface area (TPSA) is 58.6 Å². The monoisotopic (exact) mass is 262 g/mol. The Morgan fingerprint density at radius 2 is 2.32 bits per heavy atom. The molecule has 1 aromatic rings. The molecule has 102 valence electrons. The van der Waals surface area contributed by atoms with Crippen molar-refractivity contribution in [2.75, 3.05) is 25.1 Å². The Bertz CT molecular complexity index is 487. The van der Waals surface area contributed by atoms with Crippen molar-refractivity contribution in [3.63, 3.8) is 0 Å². The quantitative estimate of drug-likeness (QED) is 0.829. The number of carbonyl (C=O) groups is 2. The lowest BCUT2D eigenvalue weighted by Gasteiger charge is -2.17. The highest BCUT2D eigenvalue weighted by Crippen LogP contribution is 2.27. The molecule has 1 aliphatic heterocycles. The molecule has 19 heavy (non-hydrogen) atoms. The molecule has 1 heterocycles.